The molecule has 1 fully saturated rings. The minimum Gasteiger partial charge on any atom is -0.370 e. The van der Waals surface area contributed by atoms with Crippen LogP contribution in [0.3, 0.4) is 0 Å². The summed E-state index contributed by atoms with van der Waals surface area (Å²) in [5, 5.41) is 3.03. The van der Waals surface area contributed by atoms with E-state index in [9.17, 15) is 18.0 Å². The van der Waals surface area contributed by atoms with Crippen molar-refractivity contribution in [2.24, 2.45) is 5.92 Å². The zero-order chi connectivity index (χ0) is 22.6. The van der Waals surface area contributed by atoms with Crippen LogP contribution in [0.2, 0.25) is 0 Å². The lowest BCUT2D eigenvalue weighted by Crippen LogP contribution is -2.39. The lowest BCUT2D eigenvalue weighted by molar-refractivity contribution is -0.141. The molecule has 1 saturated heterocycles. The summed E-state index contributed by atoms with van der Waals surface area (Å²) < 4.78 is 40.0. The minimum atomic E-state index is -4.59. The van der Waals surface area contributed by atoms with E-state index in [1.807, 2.05) is 23.1 Å². The molecular formula is C23H22F3N5O. The minimum absolute atomic E-state index is 0.00244. The Hall–Kier alpha value is -3.49. The van der Waals surface area contributed by atoms with Crippen LogP contribution >= 0.6 is 0 Å². The van der Waals surface area contributed by atoms with Crippen LogP contribution in [0, 0.1) is 5.92 Å². The Labute approximate surface area is 183 Å². The van der Waals surface area contributed by atoms with Gasteiger partial charge in [-0.2, -0.15) is 13.2 Å². The number of carbonyl (C=O) groups is 1. The molecule has 1 aliphatic heterocycles. The Morgan fingerprint density at radius 3 is 2.41 bits per heavy atom. The molecule has 0 bridgehead atoms. The second-order valence-electron chi connectivity index (χ2n) is 7.66. The topological polar surface area (TPSA) is 71.0 Å². The lowest BCUT2D eigenvalue weighted by Gasteiger charge is -2.32. The SMILES string of the molecule is O=C(c1ccccc1)N1CCC(CNc2cc(C(F)(F)F)nc(-c3ccccn3)n2)CC1. The predicted molar refractivity (Wildman–Crippen MR) is 114 cm³/mol. The highest BCUT2D eigenvalue weighted by molar-refractivity contribution is 5.94. The van der Waals surface area contributed by atoms with Crippen molar-refractivity contribution in [1.82, 2.24) is 19.9 Å². The van der Waals surface area contributed by atoms with Crippen LogP contribution < -0.4 is 5.32 Å². The first-order valence-corrected chi connectivity index (χ1v) is 10.4. The molecule has 1 N–H and O–H groups in total. The zero-order valence-corrected chi connectivity index (χ0v) is 17.2. The van der Waals surface area contributed by atoms with Crippen LogP contribution in [0.25, 0.3) is 11.5 Å². The van der Waals surface area contributed by atoms with Crippen molar-refractivity contribution < 1.29 is 18.0 Å². The molecule has 3 aromatic rings. The van der Waals surface area contributed by atoms with Crippen LogP contribution in [-0.2, 0) is 6.18 Å². The number of amides is 1. The first-order chi connectivity index (χ1) is 15.4. The van der Waals surface area contributed by atoms with Gasteiger partial charge in [0.15, 0.2) is 11.5 Å². The van der Waals surface area contributed by atoms with E-state index in [4.69, 9.17) is 0 Å². The average Bonchev–Trinajstić information content (AvgIpc) is 2.83. The van der Waals surface area contributed by atoms with E-state index < -0.39 is 11.9 Å². The first-order valence-electron chi connectivity index (χ1n) is 10.4. The Bertz CT molecular complexity index is 1050. The summed E-state index contributed by atoms with van der Waals surface area (Å²) in [6.07, 6.45) is -1.59. The van der Waals surface area contributed by atoms with Gasteiger partial charge >= 0.3 is 6.18 Å². The molecule has 2 aromatic heterocycles. The molecule has 0 unspecified atom stereocenters. The fourth-order valence-electron chi connectivity index (χ4n) is 3.64. The third kappa shape index (κ3) is 5.22. The molecule has 9 heteroatoms. The number of hydrogen-bond acceptors (Lipinski definition) is 5. The molecule has 1 aromatic carbocycles. The summed E-state index contributed by atoms with van der Waals surface area (Å²) in [5.41, 5.74) is -0.0832. The number of aromatic nitrogens is 3. The maximum Gasteiger partial charge on any atom is 0.433 e. The van der Waals surface area contributed by atoms with Gasteiger partial charge < -0.3 is 10.2 Å². The summed E-state index contributed by atoms with van der Waals surface area (Å²) in [6, 6.07) is 14.9. The summed E-state index contributed by atoms with van der Waals surface area (Å²) in [5.74, 6) is 0.252. The smallest absolute Gasteiger partial charge is 0.370 e. The van der Waals surface area contributed by atoms with Crippen LogP contribution in [0.5, 0.6) is 0 Å². The molecule has 166 valence electrons. The third-order valence-electron chi connectivity index (χ3n) is 5.40. The van der Waals surface area contributed by atoms with Gasteiger partial charge in [0, 0.05) is 37.5 Å². The maximum atomic E-state index is 13.3. The van der Waals surface area contributed by atoms with Crippen LogP contribution in [-0.4, -0.2) is 45.4 Å². The van der Waals surface area contributed by atoms with E-state index >= 15 is 0 Å². The molecule has 0 aliphatic carbocycles. The Balaban J connectivity index is 1.40. The zero-order valence-electron chi connectivity index (χ0n) is 17.2. The van der Waals surface area contributed by atoms with Crippen LogP contribution in [0.15, 0.2) is 60.8 Å². The maximum absolute atomic E-state index is 13.3. The van der Waals surface area contributed by atoms with Crippen LogP contribution in [0.4, 0.5) is 19.0 Å². The molecule has 0 radical (unpaired) electrons. The van der Waals surface area contributed by atoms with Gasteiger partial charge in [-0.25, -0.2) is 9.97 Å². The van der Waals surface area contributed by atoms with Gasteiger partial charge in [-0.15, -0.1) is 0 Å². The lowest BCUT2D eigenvalue weighted by atomic mass is 9.96. The molecule has 3 heterocycles. The second kappa shape index (κ2) is 9.33. The summed E-state index contributed by atoms with van der Waals surface area (Å²) in [7, 11) is 0. The molecule has 6 nitrogen and oxygen atoms in total. The number of piperidine rings is 1. The number of nitrogens with zero attached hydrogens (tertiary/aromatic N) is 4. The van der Waals surface area contributed by atoms with Gasteiger partial charge in [-0.05, 0) is 43.0 Å². The van der Waals surface area contributed by atoms with Gasteiger partial charge in [0.1, 0.15) is 11.5 Å². The summed E-state index contributed by atoms with van der Waals surface area (Å²) in [6.45, 7) is 1.68. The fraction of sp³-hybridized carbons (Fsp3) is 0.304. The molecule has 4 rings (SSSR count). The molecule has 0 spiro atoms. The number of alkyl halides is 3. The van der Waals surface area contributed by atoms with E-state index in [2.05, 4.69) is 20.3 Å². The van der Waals surface area contributed by atoms with E-state index in [-0.39, 0.29) is 29.2 Å². The number of anilines is 1. The fourth-order valence-corrected chi connectivity index (χ4v) is 3.64. The number of pyridine rings is 1. The number of likely N-dealkylation sites (tertiary alicyclic amines) is 1. The molecular weight excluding hydrogens is 419 g/mol. The number of halogens is 3. The average molecular weight is 441 g/mol. The molecule has 1 amide bonds. The Kier molecular flexibility index (Phi) is 6.34. The molecule has 1 aliphatic rings. The van der Waals surface area contributed by atoms with Crippen molar-refractivity contribution in [2.45, 2.75) is 19.0 Å². The number of carbonyl (C=O) groups excluding carboxylic acids is 1. The van der Waals surface area contributed by atoms with E-state index in [0.29, 0.717) is 25.2 Å². The number of rotatable bonds is 5. The quantitative estimate of drug-likeness (QED) is 0.630. The Morgan fingerprint density at radius 2 is 1.75 bits per heavy atom. The van der Waals surface area contributed by atoms with Crippen molar-refractivity contribution in [3.8, 4) is 11.5 Å². The van der Waals surface area contributed by atoms with Crippen molar-refractivity contribution in [2.75, 3.05) is 25.0 Å². The first kappa shape index (κ1) is 21.7. The summed E-state index contributed by atoms with van der Waals surface area (Å²) in [4.78, 5) is 26.3. The molecule has 0 atom stereocenters. The summed E-state index contributed by atoms with van der Waals surface area (Å²) >= 11 is 0. The second-order valence-corrected chi connectivity index (χ2v) is 7.66. The van der Waals surface area contributed by atoms with Gasteiger partial charge in [0.25, 0.3) is 5.91 Å². The predicted octanol–water partition coefficient (Wildman–Crippen LogP) is 4.52. The van der Waals surface area contributed by atoms with Crippen molar-refractivity contribution in [3.05, 3.63) is 72.1 Å². The number of nitrogens with one attached hydrogen (secondary N) is 1. The van der Waals surface area contributed by atoms with Crippen LogP contribution in [0.1, 0.15) is 28.9 Å². The van der Waals surface area contributed by atoms with E-state index in [1.54, 1.807) is 30.3 Å². The van der Waals surface area contributed by atoms with Crippen molar-refractivity contribution in [1.29, 1.82) is 0 Å². The van der Waals surface area contributed by atoms with Gasteiger partial charge in [0.05, 0.1) is 0 Å². The monoisotopic (exact) mass is 441 g/mol. The van der Waals surface area contributed by atoms with Gasteiger partial charge in [-0.3, -0.25) is 9.78 Å². The van der Waals surface area contributed by atoms with E-state index in [1.165, 1.54) is 6.20 Å². The highest BCUT2D eigenvalue weighted by Crippen LogP contribution is 2.30. The van der Waals surface area contributed by atoms with E-state index in [0.717, 1.165) is 18.9 Å². The molecule has 32 heavy (non-hydrogen) atoms. The number of benzene rings is 1. The van der Waals surface area contributed by atoms with Gasteiger partial charge in [-0.1, -0.05) is 24.3 Å². The third-order valence-corrected chi connectivity index (χ3v) is 5.40. The van der Waals surface area contributed by atoms with Gasteiger partial charge in [0.2, 0.25) is 0 Å². The highest BCUT2D eigenvalue weighted by atomic mass is 19.4. The largest absolute Gasteiger partial charge is 0.433 e. The normalized spacial score (nSPS) is 14.9. The van der Waals surface area contributed by atoms with Crippen molar-refractivity contribution >= 4 is 11.7 Å². The van der Waals surface area contributed by atoms with Crippen molar-refractivity contribution in [3.63, 3.8) is 0 Å². The molecule has 0 saturated carbocycles. The Morgan fingerprint density at radius 1 is 1.03 bits per heavy atom. The standard InChI is InChI=1S/C23H22F3N5O/c24-23(25,26)19-14-20(30-21(29-19)18-8-4-5-11-27-18)28-15-16-9-12-31(13-10-16)22(32)17-6-2-1-3-7-17/h1-8,11,14,16H,9-10,12-13,15H2,(H,28,29,30). The highest BCUT2D eigenvalue weighted by Gasteiger charge is 2.34. The number of hydrogen-bond donors (Lipinski definition) is 1.